The van der Waals surface area contributed by atoms with Crippen LogP contribution in [0, 0.1) is 0 Å². The van der Waals surface area contributed by atoms with E-state index in [1.165, 1.54) is 0 Å². The third-order valence-electron chi connectivity index (χ3n) is 2.58. The fourth-order valence-corrected chi connectivity index (χ4v) is 1.60. The van der Waals surface area contributed by atoms with Gasteiger partial charge in [0.05, 0.1) is 0 Å². The molecule has 6 nitrogen and oxygen atoms in total. The summed E-state index contributed by atoms with van der Waals surface area (Å²) in [6, 6.07) is 7.43. The van der Waals surface area contributed by atoms with Crippen molar-refractivity contribution < 1.29 is 14.7 Å². The summed E-state index contributed by atoms with van der Waals surface area (Å²) in [5.74, 6) is -1.04. The minimum atomic E-state index is -1.04. The van der Waals surface area contributed by atoms with Crippen molar-refractivity contribution in [3.63, 3.8) is 0 Å². The number of nitrogens with two attached hydrogens (primary N) is 1. The standard InChI is InChI=1S/C13H19N3O3/c14-9-5-4-8-11(12(17)18)16-13(19)15-10-6-2-1-3-7-10/h1-3,6-7,11H,4-5,8-9,14H2,(H,17,18)(H2,15,16,19)/t11-/m0/s1. The van der Waals surface area contributed by atoms with Crippen molar-refractivity contribution >= 4 is 17.7 Å². The number of anilines is 1. The highest BCUT2D eigenvalue weighted by Gasteiger charge is 2.19. The van der Waals surface area contributed by atoms with Crippen LogP contribution in [0.4, 0.5) is 10.5 Å². The van der Waals surface area contributed by atoms with Crippen molar-refractivity contribution in [1.82, 2.24) is 5.32 Å². The highest BCUT2D eigenvalue weighted by atomic mass is 16.4. The van der Waals surface area contributed by atoms with Gasteiger partial charge in [-0.2, -0.15) is 0 Å². The van der Waals surface area contributed by atoms with E-state index in [4.69, 9.17) is 10.8 Å². The van der Waals surface area contributed by atoms with E-state index in [1.54, 1.807) is 24.3 Å². The predicted molar refractivity (Wildman–Crippen MR) is 72.9 cm³/mol. The van der Waals surface area contributed by atoms with Crippen LogP contribution in [-0.4, -0.2) is 29.7 Å². The van der Waals surface area contributed by atoms with Gasteiger partial charge in [0.2, 0.25) is 0 Å². The number of nitrogens with one attached hydrogen (secondary N) is 2. The van der Waals surface area contributed by atoms with Crippen LogP contribution in [0.3, 0.4) is 0 Å². The zero-order chi connectivity index (χ0) is 14.1. The van der Waals surface area contributed by atoms with E-state index in [1.807, 2.05) is 6.07 Å². The molecule has 1 atom stereocenters. The van der Waals surface area contributed by atoms with Gasteiger partial charge in [0, 0.05) is 5.69 Å². The highest BCUT2D eigenvalue weighted by molar-refractivity contribution is 5.92. The summed E-state index contributed by atoms with van der Waals surface area (Å²) in [6.07, 6.45) is 1.78. The first-order valence-electron chi connectivity index (χ1n) is 6.19. The van der Waals surface area contributed by atoms with Crippen molar-refractivity contribution in [2.24, 2.45) is 5.73 Å². The summed E-state index contributed by atoms with van der Waals surface area (Å²) in [7, 11) is 0. The van der Waals surface area contributed by atoms with Gasteiger partial charge in [-0.3, -0.25) is 0 Å². The molecule has 1 aromatic rings. The lowest BCUT2D eigenvalue weighted by Crippen LogP contribution is -2.43. The van der Waals surface area contributed by atoms with Crippen LogP contribution in [0.5, 0.6) is 0 Å². The number of aliphatic carboxylic acids is 1. The van der Waals surface area contributed by atoms with Gasteiger partial charge in [0.1, 0.15) is 6.04 Å². The Bertz CT molecular complexity index is 409. The fraction of sp³-hybridized carbons (Fsp3) is 0.385. The molecule has 0 aliphatic heterocycles. The number of carbonyl (C=O) groups is 2. The van der Waals surface area contributed by atoms with E-state index in [-0.39, 0.29) is 0 Å². The van der Waals surface area contributed by atoms with Crippen molar-refractivity contribution in [3.05, 3.63) is 30.3 Å². The topological polar surface area (TPSA) is 104 Å². The molecule has 0 radical (unpaired) electrons. The minimum absolute atomic E-state index is 0.370. The molecule has 0 saturated carbocycles. The second-order valence-electron chi connectivity index (χ2n) is 4.14. The Morgan fingerprint density at radius 1 is 1.21 bits per heavy atom. The predicted octanol–water partition coefficient (Wildman–Crippen LogP) is 1.39. The Balaban J connectivity index is 2.45. The zero-order valence-corrected chi connectivity index (χ0v) is 10.6. The molecule has 0 aliphatic carbocycles. The van der Waals surface area contributed by atoms with Gasteiger partial charge in [-0.05, 0) is 37.9 Å². The average molecular weight is 265 g/mol. The van der Waals surface area contributed by atoms with Crippen LogP contribution in [0.2, 0.25) is 0 Å². The van der Waals surface area contributed by atoms with E-state index < -0.39 is 18.0 Å². The molecule has 1 rings (SSSR count). The van der Waals surface area contributed by atoms with Gasteiger partial charge in [-0.1, -0.05) is 18.2 Å². The monoisotopic (exact) mass is 265 g/mol. The number of hydrogen-bond donors (Lipinski definition) is 4. The van der Waals surface area contributed by atoms with Crippen LogP contribution in [-0.2, 0) is 4.79 Å². The number of urea groups is 1. The molecule has 19 heavy (non-hydrogen) atoms. The number of carboxylic acid groups (broad SMARTS) is 1. The van der Waals surface area contributed by atoms with Crippen molar-refractivity contribution in [2.45, 2.75) is 25.3 Å². The van der Waals surface area contributed by atoms with E-state index in [9.17, 15) is 9.59 Å². The van der Waals surface area contributed by atoms with Gasteiger partial charge in [-0.15, -0.1) is 0 Å². The lowest BCUT2D eigenvalue weighted by Gasteiger charge is -2.14. The molecule has 2 amide bonds. The van der Waals surface area contributed by atoms with E-state index in [2.05, 4.69) is 10.6 Å². The van der Waals surface area contributed by atoms with Crippen molar-refractivity contribution in [3.8, 4) is 0 Å². The Morgan fingerprint density at radius 3 is 2.47 bits per heavy atom. The van der Waals surface area contributed by atoms with Gasteiger partial charge < -0.3 is 21.5 Å². The molecule has 0 fully saturated rings. The van der Waals surface area contributed by atoms with Crippen molar-refractivity contribution in [2.75, 3.05) is 11.9 Å². The van der Waals surface area contributed by atoms with E-state index in [0.717, 1.165) is 6.42 Å². The minimum Gasteiger partial charge on any atom is -0.480 e. The maximum atomic E-state index is 11.6. The average Bonchev–Trinajstić information content (AvgIpc) is 2.38. The maximum absolute atomic E-state index is 11.6. The zero-order valence-electron chi connectivity index (χ0n) is 10.6. The van der Waals surface area contributed by atoms with Gasteiger partial charge >= 0.3 is 12.0 Å². The Kier molecular flexibility index (Phi) is 6.38. The Labute approximate surface area is 112 Å². The van der Waals surface area contributed by atoms with Crippen LogP contribution in [0.1, 0.15) is 19.3 Å². The summed E-state index contributed by atoms with van der Waals surface area (Å²) in [4.78, 5) is 22.7. The van der Waals surface area contributed by atoms with Crippen LogP contribution in [0.25, 0.3) is 0 Å². The number of carboxylic acids is 1. The molecule has 5 N–H and O–H groups in total. The lowest BCUT2D eigenvalue weighted by molar-refractivity contribution is -0.139. The summed E-state index contributed by atoms with van der Waals surface area (Å²) in [6.45, 7) is 0.516. The van der Waals surface area contributed by atoms with Crippen LogP contribution < -0.4 is 16.4 Å². The molecule has 0 aliphatic rings. The third kappa shape index (κ3) is 5.87. The van der Waals surface area contributed by atoms with Crippen LogP contribution >= 0.6 is 0 Å². The van der Waals surface area contributed by atoms with Gasteiger partial charge in [0.25, 0.3) is 0 Å². The van der Waals surface area contributed by atoms with Gasteiger partial charge in [-0.25, -0.2) is 9.59 Å². The summed E-state index contributed by atoms with van der Waals surface area (Å²) in [5.41, 5.74) is 5.96. The number of unbranched alkanes of at least 4 members (excludes halogenated alkanes) is 1. The van der Waals surface area contributed by atoms with Gasteiger partial charge in [0.15, 0.2) is 0 Å². The first kappa shape index (κ1) is 15.0. The molecule has 6 heteroatoms. The van der Waals surface area contributed by atoms with E-state index in [0.29, 0.717) is 25.1 Å². The largest absolute Gasteiger partial charge is 0.480 e. The first-order valence-corrected chi connectivity index (χ1v) is 6.19. The summed E-state index contributed by atoms with van der Waals surface area (Å²) >= 11 is 0. The summed E-state index contributed by atoms with van der Waals surface area (Å²) < 4.78 is 0. The Morgan fingerprint density at radius 2 is 1.89 bits per heavy atom. The Hall–Kier alpha value is -2.08. The molecule has 0 heterocycles. The SMILES string of the molecule is NCCCC[C@H](NC(=O)Nc1ccccc1)C(=O)O. The number of rotatable bonds is 7. The quantitative estimate of drug-likeness (QED) is 0.559. The number of benzene rings is 1. The molecule has 0 spiro atoms. The molecular weight excluding hydrogens is 246 g/mol. The molecule has 0 bridgehead atoms. The molecule has 0 unspecified atom stereocenters. The molecular formula is C13H19N3O3. The first-order chi connectivity index (χ1) is 9.13. The van der Waals surface area contributed by atoms with E-state index >= 15 is 0 Å². The molecule has 0 aromatic heterocycles. The molecule has 1 aromatic carbocycles. The number of para-hydroxylation sites is 1. The van der Waals surface area contributed by atoms with Crippen molar-refractivity contribution in [1.29, 1.82) is 0 Å². The summed E-state index contributed by atoms with van der Waals surface area (Å²) in [5, 5.41) is 14.0. The number of carbonyl (C=O) groups excluding carboxylic acids is 1. The normalized spacial score (nSPS) is 11.6. The second-order valence-corrected chi connectivity index (χ2v) is 4.14. The third-order valence-corrected chi connectivity index (χ3v) is 2.58. The fourth-order valence-electron chi connectivity index (χ4n) is 1.60. The smallest absolute Gasteiger partial charge is 0.326 e. The molecule has 104 valence electrons. The maximum Gasteiger partial charge on any atom is 0.326 e. The highest BCUT2D eigenvalue weighted by Crippen LogP contribution is 2.05. The molecule has 0 saturated heterocycles. The number of amides is 2. The number of hydrogen-bond acceptors (Lipinski definition) is 3. The van der Waals surface area contributed by atoms with Crippen LogP contribution in [0.15, 0.2) is 30.3 Å². The lowest BCUT2D eigenvalue weighted by atomic mass is 10.1. The second kappa shape index (κ2) is 8.10.